The highest BCUT2D eigenvalue weighted by atomic mass is 35.5. The van der Waals surface area contributed by atoms with Crippen LogP contribution in [0.4, 0.5) is 11.4 Å². The van der Waals surface area contributed by atoms with Crippen LogP contribution < -0.4 is 10.2 Å². The molecule has 0 bridgehead atoms. The zero-order chi connectivity index (χ0) is 24.2. The lowest BCUT2D eigenvalue weighted by molar-refractivity contribution is -0.131. The van der Waals surface area contributed by atoms with Crippen LogP contribution in [0.3, 0.4) is 0 Å². The summed E-state index contributed by atoms with van der Waals surface area (Å²) in [6.45, 7) is 4.62. The van der Waals surface area contributed by atoms with Gasteiger partial charge in [-0.2, -0.15) is 0 Å². The van der Waals surface area contributed by atoms with Crippen LogP contribution in [0.5, 0.6) is 0 Å². The molecule has 4 rings (SSSR count). The summed E-state index contributed by atoms with van der Waals surface area (Å²) in [5.74, 6) is 0.443. The van der Waals surface area contributed by atoms with Gasteiger partial charge in [0.05, 0.1) is 21.4 Å². The zero-order valence-corrected chi connectivity index (χ0v) is 20.9. The summed E-state index contributed by atoms with van der Waals surface area (Å²) in [6.07, 6.45) is 1.40. The van der Waals surface area contributed by atoms with E-state index in [4.69, 9.17) is 39.2 Å². The minimum Gasteiger partial charge on any atom is -0.451 e. The summed E-state index contributed by atoms with van der Waals surface area (Å²) >= 11 is 18.3. The van der Waals surface area contributed by atoms with Crippen LogP contribution >= 0.6 is 34.8 Å². The van der Waals surface area contributed by atoms with Crippen LogP contribution in [0, 0.1) is 0 Å². The van der Waals surface area contributed by atoms with E-state index in [-0.39, 0.29) is 11.7 Å². The minimum atomic E-state index is -0.397. The van der Waals surface area contributed by atoms with Gasteiger partial charge < -0.3 is 19.5 Å². The third-order valence-corrected chi connectivity index (χ3v) is 6.65. The standard InChI is InChI=1S/C25H24Cl3N3O3/c1-2-3-24(32)31-12-10-30(11-13-31)21-7-5-17(26)15-20(21)29-25(33)23-9-8-22(34-23)16-4-6-18(27)19(28)14-16/h4-9,14-15H,2-3,10-13H2,1H3,(H,29,33). The predicted molar refractivity (Wildman–Crippen MR) is 137 cm³/mol. The van der Waals surface area contributed by atoms with E-state index in [2.05, 4.69) is 10.2 Å². The Labute approximate surface area is 213 Å². The molecule has 3 aromatic rings. The SMILES string of the molecule is CCCC(=O)N1CCN(c2ccc(Cl)cc2NC(=O)c2ccc(-c3ccc(Cl)c(Cl)c3)o2)CC1. The van der Waals surface area contributed by atoms with Crippen molar-refractivity contribution in [1.29, 1.82) is 0 Å². The molecule has 1 N–H and O–H groups in total. The molecule has 0 atom stereocenters. The van der Waals surface area contributed by atoms with E-state index in [1.165, 1.54) is 0 Å². The number of amides is 2. The van der Waals surface area contributed by atoms with E-state index in [1.807, 2.05) is 17.9 Å². The molecule has 2 heterocycles. The lowest BCUT2D eigenvalue weighted by atomic mass is 10.2. The minimum absolute atomic E-state index is 0.155. The molecular formula is C25H24Cl3N3O3. The Kier molecular flexibility index (Phi) is 7.71. The number of furan rings is 1. The van der Waals surface area contributed by atoms with Crippen molar-refractivity contribution < 1.29 is 14.0 Å². The molecule has 6 nitrogen and oxygen atoms in total. The third kappa shape index (κ3) is 5.52. The Morgan fingerprint density at radius 2 is 1.71 bits per heavy atom. The van der Waals surface area contributed by atoms with Gasteiger partial charge in [-0.3, -0.25) is 9.59 Å². The van der Waals surface area contributed by atoms with Crippen LogP contribution in [-0.4, -0.2) is 42.9 Å². The lowest BCUT2D eigenvalue weighted by Gasteiger charge is -2.37. The Morgan fingerprint density at radius 3 is 2.41 bits per heavy atom. The molecule has 1 aliphatic rings. The monoisotopic (exact) mass is 519 g/mol. The van der Waals surface area contributed by atoms with Crippen LogP contribution in [0.1, 0.15) is 30.3 Å². The summed E-state index contributed by atoms with van der Waals surface area (Å²) in [4.78, 5) is 29.2. The number of benzene rings is 2. The quantitative estimate of drug-likeness (QED) is 0.397. The molecule has 2 amide bonds. The number of hydrogen-bond acceptors (Lipinski definition) is 4. The second kappa shape index (κ2) is 10.7. The molecule has 0 saturated carbocycles. The molecule has 1 aliphatic heterocycles. The second-order valence-corrected chi connectivity index (χ2v) is 9.28. The number of hydrogen-bond donors (Lipinski definition) is 1. The molecule has 1 fully saturated rings. The summed E-state index contributed by atoms with van der Waals surface area (Å²) < 4.78 is 5.77. The van der Waals surface area contributed by atoms with Crippen molar-refractivity contribution in [3.63, 3.8) is 0 Å². The van der Waals surface area contributed by atoms with Gasteiger partial charge in [-0.1, -0.05) is 41.7 Å². The number of rotatable bonds is 6. The van der Waals surface area contributed by atoms with Gasteiger partial charge in [0.15, 0.2) is 5.76 Å². The first kappa shape index (κ1) is 24.5. The van der Waals surface area contributed by atoms with Gasteiger partial charge in [-0.15, -0.1) is 0 Å². The van der Waals surface area contributed by atoms with Crippen LogP contribution in [0.2, 0.25) is 15.1 Å². The maximum Gasteiger partial charge on any atom is 0.291 e. The Morgan fingerprint density at radius 1 is 0.941 bits per heavy atom. The largest absolute Gasteiger partial charge is 0.451 e. The highest BCUT2D eigenvalue weighted by Crippen LogP contribution is 2.32. The first-order valence-electron chi connectivity index (χ1n) is 11.0. The third-order valence-electron chi connectivity index (χ3n) is 5.68. The van der Waals surface area contributed by atoms with Crippen molar-refractivity contribution in [2.24, 2.45) is 0 Å². The molecular weight excluding hydrogens is 497 g/mol. The molecule has 1 aromatic heterocycles. The fraction of sp³-hybridized carbons (Fsp3) is 0.280. The second-order valence-electron chi connectivity index (χ2n) is 8.03. The van der Waals surface area contributed by atoms with Crippen LogP contribution in [0.25, 0.3) is 11.3 Å². The van der Waals surface area contributed by atoms with Crippen molar-refractivity contribution in [2.75, 3.05) is 36.4 Å². The van der Waals surface area contributed by atoms with E-state index in [1.54, 1.807) is 42.5 Å². The van der Waals surface area contributed by atoms with Crippen molar-refractivity contribution in [2.45, 2.75) is 19.8 Å². The van der Waals surface area contributed by atoms with Gasteiger partial charge in [0.2, 0.25) is 5.91 Å². The Bertz CT molecular complexity index is 1200. The fourth-order valence-electron chi connectivity index (χ4n) is 3.90. The first-order valence-corrected chi connectivity index (χ1v) is 12.2. The lowest BCUT2D eigenvalue weighted by Crippen LogP contribution is -2.48. The van der Waals surface area contributed by atoms with Gasteiger partial charge >= 0.3 is 0 Å². The number of anilines is 2. The molecule has 1 saturated heterocycles. The smallest absolute Gasteiger partial charge is 0.291 e. The highest BCUT2D eigenvalue weighted by molar-refractivity contribution is 6.42. The van der Waals surface area contributed by atoms with Crippen molar-refractivity contribution >= 4 is 58.0 Å². The van der Waals surface area contributed by atoms with Gasteiger partial charge in [0.1, 0.15) is 5.76 Å². The van der Waals surface area contributed by atoms with E-state index < -0.39 is 5.91 Å². The number of halogens is 3. The molecule has 0 unspecified atom stereocenters. The van der Waals surface area contributed by atoms with Crippen molar-refractivity contribution in [3.8, 4) is 11.3 Å². The average Bonchev–Trinajstić information content (AvgIpc) is 3.32. The van der Waals surface area contributed by atoms with E-state index in [0.717, 1.165) is 12.1 Å². The summed E-state index contributed by atoms with van der Waals surface area (Å²) in [6, 6.07) is 13.8. The van der Waals surface area contributed by atoms with Crippen LogP contribution in [0.15, 0.2) is 52.9 Å². The number of piperazine rings is 1. The topological polar surface area (TPSA) is 65.8 Å². The van der Waals surface area contributed by atoms with Crippen molar-refractivity contribution in [3.05, 3.63) is 69.4 Å². The average molecular weight is 521 g/mol. The number of nitrogens with one attached hydrogen (secondary N) is 1. The number of nitrogens with zero attached hydrogens (tertiary/aromatic N) is 2. The number of carbonyl (C=O) groups is 2. The van der Waals surface area contributed by atoms with E-state index >= 15 is 0 Å². The maximum atomic E-state index is 13.0. The molecule has 34 heavy (non-hydrogen) atoms. The summed E-state index contributed by atoms with van der Waals surface area (Å²) in [5, 5.41) is 4.27. The summed E-state index contributed by atoms with van der Waals surface area (Å²) in [5.41, 5.74) is 2.14. The van der Waals surface area contributed by atoms with Gasteiger partial charge in [-0.05, 0) is 55.0 Å². The van der Waals surface area contributed by atoms with Crippen LogP contribution in [-0.2, 0) is 4.79 Å². The van der Waals surface area contributed by atoms with E-state index in [0.29, 0.717) is 64.7 Å². The Balaban J connectivity index is 1.49. The fourth-order valence-corrected chi connectivity index (χ4v) is 4.37. The van der Waals surface area contributed by atoms with Gasteiger partial charge in [0.25, 0.3) is 5.91 Å². The molecule has 0 spiro atoms. The maximum absolute atomic E-state index is 13.0. The first-order chi connectivity index (χ1) is 16.4. The molecule has 9 heteroatoms. The van der Waals surface area contributed by atoms with Gasteiger partial charge in [-0.25, -0.2) is 0 Å². The molecule has 178 valence electrons. The number of carbonyl (C=O) groups excluding carboxylic acids is 2. The van der Waals surface area contributed by atoms with Crippen molar-refractivity contribution in [1.82, 2.24) is 4.90 Å². The van der Waals surface area contributed by atoms with E-state index in [9.17, 15) is 9.59 Å². The predicted octanol–water partition coefficient (Wildman–Crippen LogP) is 6.61. The normalized spacial score (nSPS) is 13.8. The molecule has 0 radical (unpaired) electrons. The summed E-state index contributed by atoms with van der Waals surface area (Å²) in [7, 11) is 0. The Hall–Kier alpha value is -2.67. The zero-order valence-electron chi connectivity index (χ0n) is 18.6. The molecule has 0 aliphatic carbocycles. The molecule has 2 aromatic carbocycles. The van der Waals surface area contributed by atoms with Gasteiger partial charge in [0, 0.05) is 43.2 Å². The highest BCUT2D eigenvalue weighted by Gasteiger charge is 2.23.